The molecule has 0 radical (unpaired) electrons. The van der Waals surface area contributed by atoms with Crippen LogP contribution < -0.4 is 9.74 Å². The number of hydrogen-bond donors (Lipinski definition) is 2. The van der Waals surface area contributed by atoms with Gasteiger partial charge in [0.1, 0.15) is 16.5 Å². The number of aromatic nitrogens is 2. The van der Waals surface area contributed by atoms with Crippen molar-refractivity contribution in [2.24, 2.45) is 0 Å². The maximum Gasteiger partial charge on any atom is 0.339 e. The Bertz CT molecular complexity index is 975. The number of hydrogen-bond acceptors (Lipinski definition) is 4. The second-order valence-electron chi connectivity index (χ2n) is 4.28. The number of rotatable bonds is 3. The van der Waals surface area contributed by atoms with E-state index in [0.717, 1.165) is 12.1 Å². The quantitative estimate of drug-likeness (QED) is 0.721. The van der Waals surface area contributed by atoms with Crippen molar-refractivity contribution in [3.63, 3.8) is 0 Å². The number of nitrogens with one attached hydrogen (secondary N) is 2. The zero-order valence-corrected chi connectivity index (χ0v) is 11.3. The highest BCUT2D eigenvalue weighted by atomic mass is 32.2. The Morgan fingerprint density at radius 3 is 2.62 bits per heavy atom. The van der Waals surface area contributed by atoms with Gasteiger partial charge in [0, 0.05) is 0 Å². The zero-order chi connectivity index (χ0) is 15.0. The summed E-state index contributed by atoms with van der Waals surface area (Å²) in [5.74, 6) is -0.714. The second-order valence-corrected chi connectivity index (χ2v) is 5.83. The van der Waals surface area contributed by atoms with Crippen molar-refractivity contribution in [3.05, 3.63) is 58.6 Å². The van der Waals surface area contributed by atoms with Crippen LogP contribution in [-0.4, -0.2) is 18.6 Å². The van der Waals surface area contributed by atoms with Crippen LogP contribution in [-0.2, 0) is 10.1 Å². The van der Waals surface area contributed by atoms with E-state index in [-0.39, 0.29) is 16.0 Å². The van der Waals surface area contributed by atoms with Crippen LogP contribution in [0.3, 0.4) is 0 Å². The topological polar surface area (TPSA) is 92.0 Å². The van der Waals surface area contributed by atoms with Crippen molar-refractivity contribution in [2.45, 2.75) is 4.90 Å². The lowest BCUT2D eigenvalue weighted by molar-refractivity contribution is 0.485. The van der Waals surface area contributed by atoms with Crippen LogP contribution in [0.5, 0.6) is 5.75 Å². The van der Waals surface area contributed by atoms with Gasteiger partial charge >= 0.3 is 10.1 Å². The van der Waals surface area contributed by atoms with Crippen LogP contribution in [0.1, 0.15) is 0 Å². The number of halogens is 1. The number of benzene rings is 2. The molecule has 0 atom stereocenters. The van der Waals surface area contributed by atoms with Crippen molar-refractivity contribution in [2.75, 3.05) is 0 Å². The first kappa shape index (κ1) is 13.4. The van der Waals surface area contributed by atoms with Gasteiger partial charge in [0.25, 0.3) is 5.56 Å². The molecule has 0 aliphatic carbocycles. The average Bonchev–Trinajstić information content (AvgIpc) is 2.80. The van der Waals surface area contributed by atoms with Crippen LogP contribution in [0.15, 0.2) is 52.2 Å². The van der Waals surface area contributed by atoms with Gasteiger partial charge in [0.2, 0.25) is 0 Å². The summed E-state index contributed by atoms with van der Waals surface area (Å²) in [6.45, 7) is 0. The molecule has 0 fully saturated rings. The number of H-pyrrole nitrogens is 2. The van der Waals surface area contributed by atoms with E-state index >= 15 is 0 Å². The van der Waals surface area contributed by atoms with Crippen molar-refractivity contribution in [1.82, 2.24) is 10.2 Å². The minimum absolute atomic E-state index is 0.0307. The van der Waals surface area contributed by atoms with Gasteiger partial charge in [-0.2, -0.15) is 8.42 Å². The minimum Gasteiger partial charge on any atom is -0.379 e. The predicted molar refractivity (Wildman–Crippen MR) is 73.1 cm³/mol. The standard InChI is InChI=1S/C13H9FN2O4S/c14-8-2-1-3-10(6-8)21(18,19)20-9-4-5-12-11(7-9)13(17)16-15-12/h1-7H,(H2,15,16,17). The van der Waals surface area contributed by atoms with Gasteiger partial charge in [-0.25, -0.2) is 4.39 Å². The molecule has 8 heteroatoms. The fourth-order valence-corrected chi connectivity index (χ4v) is 2.82. The van der Waals surface area contributed by atoms with Crippen molar-refractivity contribution >= 4 is 21.0 Å². The van der Waals surface area contributed by atoms with Crippen molar-refractivity contribution in [3.8, 4) is 5.75 Å². The first-order chi connectivity index (χ1) is 9.95. The molecular formula is C13H9FN2O4S. The summed E-state index contributed by atoms with van der Waals surface area (Å²) < 4.78 is 42.1. The van der Waals surface area contributed by atoms with E-state index < -0.39 is 21.5 Å². The lowest BCUT2D eigenvalue weighted by Gasteiger charge is -2.06. The summed E-state index contributed by atoms with van der Waals surface area (Å²) in [5, 5.41) is 5.26. The lowest BCUT2D eigenvalue weighted by atomic mass is 10.2. The van der Waals surface area contributed by atoms with Gasteiger partial charge in [-0.05, 0) is 36.4 Å². The molecule has 0 bridgehead atoms. The van der Waals surface area contributed by atoms with Crippen LogP contribution in [0.25, 0.3) is 10.9 Å². The molecule has 0 saturated carbocycles. The smallest absolute Gasteiger partial charge is 0.339 e. The average molecular weight is 308 g/mol. The molecule has 2 aromatic carbocycles. The van der Waals surface area contributed by atoms with Crippen LogP contribution >= 0.6 is 0 Å². The molecule has 21 heavy (non-hydrogen) atoms. The molecule has 0 aliphatic rings. The normalized spacial score (nSPS) is 11.7. The fourth-order valence-electron chi connectivity index (χ4n) is 1.86. The highest BCUT2D eigenvalue weighted by molar-refractivity contribution is 7.87. The van der Waals surface area contributed by atoms with E-state index in [1.54, 1.807) is 0 Å². The monoisotopic (exact) mass is 308 g/mol. The summed E-state index contributed by atoms with van der Waals surface area (Å²) in [4.78, 5) is 11.2. The Morgan fingerprint density at radius 1 is 1.05 bits per heavy atom. The third kappa shape index (κ3) is 2.52. The summed E-state index contributed by atoms with van der Waals surface area (Å²) in [7, 11) is -4.16. The van der Waals surface area contributed by atoms with Crippen molar-refractivity contribution < 1.29 is 17.0 Å². The maximum atomic E-state index is 13.1. The highest BCUT2D eigenvalue weighted by Crippen LogP contribution is 2.21. The molecule has 0 amide bonds. The zero-order valence-electron chi connectivity index (χ0n) is 10.5. The van der Waals surface area contributed by atoms with E-state index in [1.807, 2.05) is 0 Å². The molecule has 1 heterocycles. The molecule has 0 aliphatic heterocycles. The van der Waals surface area contributed by atoms with Gasteiger partial charge in [-0.15, -0.1) is 0 Å². The summed E-state index contributed by atoms with van der Waals surface area (Å²) >= 11 is 0. The van der Waals surface area contributed by atoms with E-state index in [4.69, 9.17) is 4.18 Å². The van der Waals surface area contributed by atoms with Gasteiger partial charge in [0.05, 0.1) is 10.9 Å². The van der Waals surface area contributed by atoms with Crippen molar-refractivity contribution in [1.29, 1.82) is 0 Å². The van der Waals surface area contributed by atoms with Gasteiger partial charge < -0.3 is 4.18 Å². The molecule has 0 unspecified atom stereocenters. The van der Waals surface area contributed by atoms with Crippen LogP contribution in [0.2, 0.25) is 0 Å². The maximum absolute atomic E-state index is 13.1. The van der Waals surface area contributed by atoms with E-state index in [2.05, 4.69) is 10.2 Å². The van der Waals surface area contributed by atoms with Crippen LogP contribution in [0.4, 0.5) is 4.39 Å². The minimum atomic E-state index is -4.16. The first-order valence-corrected chi connectivity index (χ1v) is 7.27. The van der Waals surface area contributed by atoms with Gasteiger partial charge in [0.15, 0.2) is 0 Å². The number of fused-ring (bicyclic) bond motifs is 1. The van der Waals surface area contributed by atoms with Gasteiger partial charge in [-0.3, -0.25) is 15.0 Å². The second kappa shape index (κ2) is 4.74. The summed E-state index contributed by atoms with van der Waals surface area (Å²) in [6.07, 6.45) is 0. The molecule has 1 aromatic heterocycles. The molecule has 0 spiro atoms. The summed E-state index contributed by atoms with van der Waals surface area (Å²) in [6, 6.07) is 8.67. The molecule has 108 valence electrons. The Balaban J connectivity index is 2.00. The Hall–Kier alpha value is -2.61. The molecule has 0 saturated heterocycles. The van der Waals surface area contributed by atoms with E-state index in [9.17, 15) is 17.6 Å². The lowest BCUT2D eigenvalue weighted by Crippen LogP contribution is -2.10. The van der Waals surface area contributed by atoms with E-state index in [1.165, 1.54) is 30.3 Å². The number of aromatic amines is 2. The molecular weight excluding hydrogens is 299 g/mol. The van der Waals surface area contributed by atoms with Crippen LogP contribution in [0, 0.1) is 5.82 Å². The van der Waals surface area contributed by atoms with E-state index in [0.29, 0.717) is 5.52 Å². The Kier molecular flexibility index (Phi) is 3.02. The Morgan fingerprint density at radius 2 is 1.86 bits per heavy atom. The largest absolute Gasteiger partial charge is 0.379 e. The van der Waals surface area contributed by atoms with Gasteiger partial charge in [-0.1, -0.05) is 6.07 Å². The molecule has 6 nitrogen and oxygen atoms in total. The fraction of sp³-hybridized carbons (Fsp3) is 0. The third-order valence-corrected chi connectivity index (χ3v) is 4.08. The molecule has 3 aromatic rings. The molecule has 2 N–H and O–H groups in total. The summed E-state index contributed by atoms with van der Waals surface area (Å²) in [5.41, 5.74) is 0.133. The first-order valence-electron chi connectivity index (χ1n) is 5.86. The highest BCUT2D eigenvalue weighted by Gasteiger charge is 2.17. The SMILES string of the molecule is O=c1[nH][nH]c2ccc(OS(=O)(=O)c3cccc(F)c3)cc12. The predicted octanol–water partition coefficient (Wildman–Crippen LogP) is 1.76. The third-order valence-electron chi connectivity index (χ3n) is 2.84. The Labute approximate surface area is 118 Å². The molecule has 3 rings (SSSR count).